The summed E-state index contributed by atoms with van der Waals surface area (Å²) in [5.41, 5.74) is 1.69. The number of benzene rings is 2. The smallest absolute Gasteiger partial charge is 0.292 e. The van der Waals surface area contributed by atoms with Gasteiger partial charge in [-0.2, -0.15) is 0 Å². The average molecular weight is 330 g/mol. The van der Waals surface area contributed by atoms with Gasteiger partial charge in [0.05, 0.1) is 18.1 Å². The van der Waals surface area contributed by atoms with Crippen molar-refractivity contribution in [1.29, 1.82) is 0 Å². The normalized spacial score (nSPS) is 10.2. The fourth-order valence-electron chi connectivity index (χ4n) is 2.37. The van der Waals surface area contributed by atoms with Crippen LogP contribution in [0.3, 0.4) is 0 Å². The third kappa shape index (κ3) is 4.62. The minimum Gasteiger partial charge on any atom is -0.490 e. The van der Waals surface area contributed by atoms with E-state index in [1.807, 2.05) is 32.0 Å². The summed E-state index contributed by atoms with van der Waals surface area (Å²) < 4.78 is 11.2. The van der Waals surface area contributed by atoms with Crippen molar-refractivity contribution in [1.82, 2.24) is 0 Å². The van der Waals surface area contributed by atoms with E-state index in [1.54, 1.807) is 18.2 Å². The van der Waals surface area contributed by atoms with E-state index < -0.39 is 0 Å². The number of anilines is 1. The summed E-state index contributed by atoms with van der Waals surface area (Å²) >= 11 is 0. The highest BCUT2D eigenvalue weighted by molar-refractivity contribution is 5.61. The van der Waals surface area contributed by atoms with Gasteiger partial charge in [-0.3, -0.25) is 10.1 Å². The maximum atomic E-state index is 11.0. The van der Waals surface area contributed by atoms with E-state index in [1.165, 1.54) is 6.07 Å². The van der Waals surface area contributed by atoms with Crippen molar-refractivity contribution in [2.75, 3.05) is 25.1 Å². The van der Waals surface area contributed by atoms with Crippen LogP contribution >= 0.6 is 0 Å². The van der Waals surface area contributed by atoms with E-state index in [2.05, 4.69) is 5.32 Å². The molecule has 0 heterocycles. The predicted octanol–water partition coefficient (Wildman–Crippen LogP) is 4.05. The van der Waals surface area contributed by atoms with Crippen LogP contribution in [-0.2, 0) is 6.42 Å². The largest absolute Gasteiger partial charge is 0.490 e. The van der Waals surface area contributed by atoms with E-state index >= 15 is 0 Å². The Morgan fingerprint density at radius 3 is 2.46 bits per heavy atom. The molecule has 1 N–H and O–H groups in total. The first-order chi connectivity index (χ1) is 11.7. The first-order valence-electron chi connectivity index (χ1n) is 8.01. The minimum atomic E-state index is -0.383. The Hall–Kier alpha value is -2.76. The van der Waals surface area contributed by atoms with E-state index in [4.69, 9.17) is 9.47 Å². The Morgan fingerprint density at radius 2 is 1.75 bits per heavy atom. The lowest BCUT2D eigenvalue weighted by atomic mass is 10.1. The highest BCUT2D eigenvalue weighted by Crippen LogP contribution is 2.29. The van der Waals surface area contributed by atoms with Gasteiger partial charge in [0, 0.05) is 12.6 Å². The summed E-state index contributed by atoms with van der Waals surface area (Å²) in [6.45, 7) is 5.60. The molecule has 0 fully saturated rings. The molecule has 128 valence electrons. The molecule has 0 bridgehead atoms. The van der Waals surface area contributed by atoms with Crippen LogP contribution in [0.25, 0.3) is 0 Å². The van der Waals surface area contributed by atoms with E-state index in [9.17, 15) is 10.1 Å². The van der Waals surface area contributed by atoms with Crippen LogP contribution in [0.5, 0.6) is 11.5 Å². The van der Waals surface area contributed by atoms with Crippen molar-refractivity contribution < 1.29 is 14.4 Å². The molecule has 0 unspecified atom stereocenters. The SMILES string of the molecule is CCOc1ccc(CCNc2ccccc2[N+](=O)[O-])cc1OCC. The molecule has 0 atom stereocenters. The van der Waals surface area contributed by atoms with Gasteiger partial charge in [-0.15, -0.1) is 0 Å². The third-order valence-corrected chi connectivity index (χ3v) is 3.44. The molecule has 24 heavy (non-hydrogen) atoms. The van der Waals surface area contributed by atoms with Gasteiger partial charge in [0.1, 0.15) is 5.69 Å². The van der Waals surface area contributed by atoms with Gasteiger partial charge in [0.2, 0.25) is 0 Å². The zero-order valence-corrected chi connectivity index (χ0v) is 14.0. The first-order valence-corrected chi connectivity index (χ1v) is 8.01. The first kappa shape index (κ1) is 17.6. The van der Waals surface area contributed by atoms with Crippen molar-refractivity contribution in [3.8, 4) is 11.5 Å². The maximum absolute atomic E-state index is 11.0. The second-order valence-corrected chi connectivity index (χ2v) is 5.10. The summed E-state index contributed by atoms with van der Waals surface area (Å²) in [4.78, 5) is 10.6. The van der Waals surface area contributed by atoms with E-state index in [0.717, 1.165) is 23.5 Å². The Labute approximate surface area is 141 Å². The van der Waals surface area contributed by atoms with Crippen LogP contribution in [0.1, 0.15) is 19.4 Å². The molecule has 0 aromatic heterocycles. The zero-order chi connectivity index (χ0) is 17.4. The lowest BCUT2D eigenvalue weighted by Gasteiger charge is -2.13. The molecule has 2 rings (SSSR count). The molecule has 0 radical (unpaired) electrons. The Kier molecular flexibility index (Phi) is 6.42. The topological polar surface area (TPSA) is 73.6 Å². The number of ether oxygens (including phenoxy) is 2. The fourth-order valence-corrected chi connectivity index (χ4v) is 2.37. The highest BCUT2D eigenvalue weighted by atomic mass is 16.6. The summed E-state index contributed by atoms with van der Waals surface area (Å²) in [6.07, 6.45) is 0.721. The van der Waals surface area contributed by atoms with E-state index in [0.29, 0.717) is 25.4 Å². The summed E-state index contributed by atoms with van der Waals surface area (Å²) in [5, 5.41) is 14.1. The lowest BCUT2D eigenvalue weighted by Crippen LogP contribution is -2.07. The Morgan fingerprint density at radius 1 is 1.04 bits per heavy atom. The van der Waals surface area contributed by atoms with Gasteiger partial charge < -0.3 is 14.8 Å². The summed E-state index contributed by atoms with van der Waals surface area (Å²) in [5.74, 6) is 1.46. The van der Waals surface area contributed by atoms with Gasteiger partial charge >= 0.3 is 0 Å². The highest BCUT2D eigenvalue weighted by Gasteiger charge is 2.11. The molecule has 2 aromatic carbocycles. The van der Waals surface area contributed by atoms with Gasteiger partial charge in [-0.1, -0.05) is 18.2 Å². The number of hydrogen-bond acceptors (Lipinski definition) is 5. The van der Waals surface area contributed by atoms with Gasteiger partial charge in [0.25, 0.3) is 5.69 Å². The molecule has 2 aromatic rings. The Balaban J connectivity index is 2.02. The zero-order valence-electron chi connectivity index (χ0n) is 14.0. The summed E-state index contributed by atoms with van der Waals surface area (Å²) in [7, 11) is 0. The van der Waals surface area contributed by atoms with Crippen LogP contribution < -0.4 is 14.8 Å². The van der Waals surface area contributed by atoms with Crippen LogP contribution in [0.2, 0.25) is 0 Å². The van der Waals surface area contributed by atoms with Gasteiger partial charge in [0.15, 0.2) is 11.5 Å². The van der Waals surface area contributed by atoms with Crippen molar-refractivity contribution in [2.45, 2.75) is 20.3 Å². The van der Waals surface area contributed by atoms with Crippen molar-refractivity contribution in [3.63, 3.8) is 0 Å². The van der Waals surface area contributed by atoms with Crippen LogP contribution in [-0.4, -0.2) is 24.7 Å². The summed E-state index contributed by atoms with van der Waals surface area (Å²) in [6, 6.07) is 12.5. The molecule has 0 aliphatic heterocycles. The average Bonchev–Trinajstić information content (AvgIpc) is 2.58. The van der Waals surface area contributed by atoms with Crippen molar-refractivity contribution in [2.24, 2.45) is 0 Å². The molecular formula is C18H22N2O4. The number of para-hydroxylation sites is 2. The van der Waals surface area contributed by atoms with Crippen molar-refractivity contribution in [3.05, 3.63) is 58.1 Å². The standard InChI is InChI=1S/C18H22N2O4/c1-3-23-17-10-9-14(13-18(17)24-4-2)11-12-19-15-7-5-6-8-16(15)20(21)22/h5-10,13,19H,3-4,11-12H2,1-2H3. The Bertz CT molecular complexity index is 688. The molecule has 0 aliphatic rings. The van der Waals surface area contributed by atoms with Gasteiger partial charge in [-0.05, 0) is 44.0 Å². The number of nitro groups is 1. The van der Waals surface area contributed by atoms with Crippen LogP contribution in [0, 0.1) is 10.1 Å². The second-order valence-electron chi connectivity index (χ2n) is 5.10. The number of rotatable bonds is 9. The maximum Gasteiger partial charge on any atom is 0.292 e. The minimum absolute atomic E-state index is 0.0826. The molecule has 0 spiro atoms. The van der Waals surface area contributed by atoms with E-state index in [-0.39, 0.29) is 10.6 Å². The number of nitro benzene ring substituents is 1. The number of hydrogen-bond donors (Lipinski definition) is 1. The molecule has 0 amide bonds. The van der Waals surface area contributed by atoms with Crippen molar-refractivity contribution >= 4 is 11.4 Å². The van der Waals surface area contributed by atoms with Crippen LogP contribution in [0.15, 0.2) is 42.5 Å². The molecular weight excluding hydrogens is 308 g/mol. The number of nitrogens with one attached hydrogen (secondary N) is 1. The predicted molar refractivity (Wildman–Crippen MR) is 94.1 cm³/mol. The van der Waals surface area contributed by atoms with Crippen LogP contribution in [0.4, 0.5) is 11.4 Å². The molecule has 0 saturated carbocycles. The van der Waals surface area contributed by atoms with Gasteiger partial charge in [-0.25, -0.2) is 0 Å². The quantitative estimate of drug-likeness (QED) is 0.555. The third-order valence-electron chi connectivity index (χ3n) is 3.44. The molecule has 0 saturated heterocycles. The second kappa shape index (κ2) is 8.76. The monoisotopic (exact) mass is 330 g/mol. The molecule has 0 aliphatic carbocycles. The fraction of sp³-hybridized carbons (Fsp3) is 0.333. The molecule has 6 heteroatoms. The molecule has 6 nitrogen and oxygen atoms in total. The number of nitrogens with zero attached hydrogens (tertiary/aromatic N) is 1. The lowest BCUT2D eigenvalue weighted by molar-refractivity contribution is -0.384.